The van der Waals surface area contributed by atoms with Crippen LogP contribution < -0.4 is 5.32 Å². The van der Waals surface area contributed by atoms with Crippen molar-refractivity contribution in [1.29, 1.82) is 0 Å². The van der Waals surface area contributed by atoms with E-state index in [1.165, 1.54) is 39.7 Å². The molecule has 2 aromatic carbocycles. The number of rotatable bonds is 4. The normalized spacial score (nSPS) is 16.0. The van der Waals surface area contributed by atoms with Gasteiger partial charge in [-0.1, -0.05) is 29.8 Å². The number of benzene rings is 2. The van der Waals surface area contributed by atoms with Crippen molar-refractivity contribution in [3.63, 3.8) is 0 Å². The van der Waals surface area contributed by atoms with Crippen LogP contribution in [0.25, 0.3) is 10.1 Å². The van der Waals surface area contributed by atoms with Gasteiger partial charge in [0.05, 0.1) is 6.04 Å². The van der Waals surface area contributed by atoms with E-state index < -0.39 is 0 Å². The van der Waals surface area contributed by atoms with Gasteiger partial charge in [0.1, 0.15) is 0 Å². The van der Waals surface area contributed by atoms with Gasteiger partial charge < -0.3 is 5.32 Å². The second-order valence-corrected chi connectivity index (χ2v) is 6.99. The van der Waals surface area contributed by atoms with E-state index in [4.69, 9.17) is 0 Å². The molecule has 0 aliphatic heterocycles. The molecule has 1 saturated carbocycles. The quantitative estimate of drug-likeness (QED) is 0.643. The van der Waals surface area contributed by atoms with E-state index in [2.05, 4.69) is 66.2 Å². The molecule has 0 amide bonds. The number of hydrogen-bond donors (Lipinski definition) is 1. The number of hydrogen-bond acceptors (Lipinski definition) is 2. The highest BCUT2D eigenvalue weighted by molar-refractivity contribution is 7.17. The molecule has 1 unspecified atom stereocenters. The van der Waals surface area contributed by atoms with Gasteiger partial charge in [0.25, 0.3) is 0 Å². The Bertz CT molecular complexity index is 753. The maximum absolute atomic E-state index is 3.76. The largest absolute Gasteiger partial charge is 0.378 e. The molecule has 1 aliphatic rings. The number of nitrogens with one attached hydrogen (secondary N) is 1. The fourth-order valence-electron chi connectivity index (χ4n) is 2.91. The maximum atomic E-state index is 3.76. The van der Waals surface area contributed by atoms with E-state index in [0.717, 1.165) is 5.92 Å². The van der Waals surface area contributed by atoms with Gasteiger partial charge in [-0.2, -0.15) is 0 Å². The number of aryl methyl sites for hydroxylation is 1. The zero-order valence-electron chi connectivity index (χ0n) is 12.2. The Morgan fingerprint density at radius 1 is 1.05 bits per heavy atom. The lowest BCUT2D eigenvalue weighted by atomic mass is 10.0. The summed E-state index contributed by atoms with van der Waals surface area (Å²) < 4.78 is 1.36. The topological polar surface area (TPSA) is 12.0 Å². The van der Waals surface area contributed by atoms with Gasteiger partial charge in [-0.05, 0) is 66.3 Å². The molecule has 1 fully saturated rings. The molecule has 0 spiro atoms. The van der Waals surface area contributed by atoms with Crippen molar-refractivity contribution in [3.05, 3.63) is 65.0 Å². The lowest BCUT2D eigenvalue weighted by molar-refractivity contribution is 0.679. The molecule has 0 radical (unpaired) electrons. The van der Waals surface area contributed by atoms with Crippen molar-refractivity contribution in [1.82, 2.24) is 0 Å². The Morgan fingerprint density at radius 3 is 2.62 bits per heavy atom. The SMILES string of the molecule is Cc1ccc(C(Nc2ccc3sccc3c2)C2CC2)cc1. The van der Waals surface area contributed by atoms with Crippen molar-refractivity contribution in [3.8, 4) is 0 Å². The summed E-state index contributed by atoms with van der Waals surface area (Å²) in [5.41, 5.74) is 3.97. The van der Waals surface area contributed by atoms with Crippen LogP contribution in [0.1, 0.15) is 30.0 Å². The van der Waals surface area contributed by atoms with E-state index in [1.807, 2.05) is 0 Å². The number of fused-ring (bicyclic) bond motifs is 1. The lowest BCUT2D eigenvalue weighted by Crippen LogP contribution is -2.12. The van der Waals surface area contributed by atoms with Gasteiger partial charge in [-0.25, -0.2) is 0 Å². The van der Waals surface area contributed by atoms with E-state index in [1.54, 1.807) is 11.3 Å². The van der Waals surface area contributed by atoms with Gasteiger partial charge in [0, 0.05) is 10.4 Å². The Balaban J connectivity index is 1.63. The lowest BCUT2D eigenvalue weighted by Gasteiger charge is -2.20. The van der Waals surface area contributed by atoms with Crippen molar-refractivity contribution in [2.45, 2.75) is 25.8 Å². The van der Waals surface area contributed by atoms with Crippen LogP contribution in [0.5, 0.6) is 0 Å². The first-order valence-electron chi connectivity index (χ1n) is 7.60. The van der Waals surface area contributed by atoms with Crippen LogP contribution >= 0.6 is 11.3 Å². The van der Waals surface area contributed by atoms with Crippen molar-refractivity contribution < 1.29 is 0 Å². The molecule has 2 heteroatoms. The summed E-state index contributed by atoms with van der Waals surface area (Å²) in [5, 5.41) is 7.26. The molecule has 3 aromatic rings. The minimum atomic E-state index is 0.446. The van der Waals surface area contributed by atoms with Crippen molar-refractivity contribution >= 4 is 27.1 Å². The van der Waals surface area contributed by atoms with Crippen LogP contribution in [-0.4, -0.2) is 0 Å². The molecular weight excluding hydrogens is 274 g/mol. The monoisotopic (exact) mass is 293 g/mol. The van der Waals surface area contributed by atoms with Crippen LogP contribution in [0, 0.1) is 12.8 Å². The van der Waals surface area contributed by atoms with Gasteiger partial charge in [-0.3, -0.25) is 0 Å². The second-order valence-electron chi connectivity index (χ2n) is 6.04. The van der Waals surface area contributed by atoms with Crippen LogP contribution in [-0.2, 0) is 0 Å². The fourth-order valence-corrected chi connectivity index (χ4v) is 3.68. The first kappa shape index (κ1) is 12.9. The van der Waals surface area contributed by atoms with Gasteiger partial charge in [-0.15, -0.1) is 11.3 Å². The summed E-state index contributed by atoms with van der Waals surface area (Å²) in [5.74, 6) is 0.783. The highest BCUT2D eigenvalue weighted by atomic mass is 32.1. The molecule has 0 bridgehead atoms. The highest BCUT2D eigenvalue weighted by Crippen LogP contribution is 2.43. The molecule has 4 rings (SSSR count). The zero-order valence-corrected chi connectivity index (χ0v) is 13.0. The molecule has 21 heavy (non-hydrogen) atoms. The molecule has 1 aromatic heterocycles. The van der Waals surface area contributed by atoms with Crippen LogP contribution in [0.4, 0.5) is 5.69 Å². The van der Waals surface area contributed by atoms with Gasteiger partial charge >= 0.3 is 0 Å². The number of thiophene rings is 1. The van der Waals surface area contributed by atoms with E-state index >= 15 is 0 Å². The first-order valence-corrected chi connectivity index (χ1v) is 8.48. The maximum Gasteiger partial charge on any atom is 0.0542 e. The Morgan fingerprint density at radius 2 is 1.86 bits per heavy atom. The van der Waals surface area contributed by atoms with Crippen molar-refractivity contribution in [2.75, 3.05) is 5.32 Å². The summed E-state index contributed by atoms with van der Waals surface area (Å²) in [6, 6.07) is 18.3. The van der Waals surface area contributed by atoms with Crippen molar-refractivity contribution in [2.24, 2.45) is 5.92 Å². The summed E-state index contributed by atoms with van der Waals surface area (Å²) in [6.07, 6.45) is 2.68. The second kappa shape index (κ2) is 5.19. The smallest absolute Gasteiger partial charge is 0.0542 e. The van der Waals surface area contributed by atoms with E-state index in [0.29, 0.717) is 6.04 Å². The summed E-state index contributed by atoms with van der Waals surface area (Å²) in [7, 11) is 0. The van der Waals surface area contributed by atoms with E-state index in [9.17, 15) is 0 Å². The average molecular weight is 293 g/mol. The Kier molecular flexibility index (Phi) is 3.19. The third-order valence-electron chi connectivity index (χ3n) is 4.30. The Hall–Kier alpha value is -1.80. The molecule has 1 aliphatic carbocycles. The number of anilines is 1. The van der Waals surface area contributed by atoms with Crippen LogP contribution in [0.3, 0.4) is 0 Å². The predicted molar refractivity (Wildman–Crippen MR) is 92.1 cm³/mol. The standard InChI is InChI=1S/C19H19NS/c1-13-2-4-14(5-3-13)19(15-6-7-15)20-17-8-9-18-16(12-17)10-11-21-18/h2-5,8-12,15,19-20H,6-7H2,1H3. The summed E-state index contributed by atoms with van der Waals surface area (Å²) in [6.45, 7) is 2.15. The zero-order chi connectivity index (χ0) is 14.2. The summed E-state index contributed by atoms with van der Waals surface area (Å²) >= 11 is 1.80. The van der Waals surface area contributed by atoms with Gasteiger partial charge in [0.2, 0.25) is 0 Å². The summed E-state index contributed by atoms with van der Waals surface area (Å²) in [4.78, 5) is 0. The van der Waals surface area contributed by atoms with Gasteiger partial charge in [0.15, 0.2) is 0 Å². The fraction of sp³-hybridized carbons (Fsp3) is 0.263. The highest BCUT2D eigenvalue weighted by Gasteiger charge is 2.32. The van der Waals surface area contributed by atoms with E-state index in [-0.39, 0.29) is 0 Å². The minimum Gasteiger partial charge on any atom is -0.378 e. The first-order chi connectivity index (χ1) is 10.3. The average Bonchev–Trinajstić information content (AvgIpc) is 3.23. The minimum absolute atomic E-state index is 0.446. The van der Waals surface area contributed by atoms with Crippen LogP contribution in [0.2, 0.25) is 0 Å². The molecule has 1 heterocycles. The third-order valence-corrected chi connectivity index (χ3v) is 5.20. The molecule has 106 valence electrons. The third kappa shape index (κ3) is 2.68. The molecule has 1 atom stereocenters. The molecule has 1 nitrogen and oxygen atoms in total. The molecule has 1 N–H and O–H groups in total. The van der Waals surface area contributed by atoms with Crippen LogP contribution in [0.15, 0.2) is 53.9 Å². The predicted octanol–water partition coefficient (Wildman–Crippen LogP) is 5.77. The Labute approximate surface area is 129 Å². The molecule has 0 saturated heterocycles. The molecular formula is C19H19NS.